The van der Waals surface area contributed by atoms with Gasteiger partial charge < -0.3 is 10.1 Å². The van der Waals surface area contributed by atoms with E-state index >= 15 is 0 Å². The van der Waals surface area contributed by atoms with E-state index in [1.165, 1.54) is 7.11 Å². The molecule has 108 valence electrons. The number of amides is 1. The van der Waals surface area contributed by atoms with Crippen molar-refractivity contribution in [2.45, 2.75) is 39.5 Å². The molecular formula is C13H21NO5. The lowest BCUT2D eigenvalue weighted by molar-refractivity contribution is -0.142. The topological polar surface area (TPSA) is 89.5 Å². The number of hydrogen-bond acceptors (Lipinski definition) is 5. The summed E-state index contributed by atoms with van der Waals surface area (Å²) in [6.45, 7) is 3.25. The van der Waals surface area contributed by atoms with Gasteiger partial charge in [-0.3, -0.25) is 19.2 Å². The third-order valence-corrected chi connectivity index (χ3v) is 2.71. The fourth-order valence-corrected chi connectivity index (χ4v) is 1.58. The largest absolute Gasteiger partial charge is 0.468 e. The molecule has 6 heteroatoms. The quantitative estimate of drug-likeness (QED) is 0.490. The molecule has 0 aromatic heterocycles. The predicted octanol–water partition coefficient (Wildman–Crippen LogP) is 0.630. The molecule has 0 saturated carbocycles. The van der Waals surface area contributed by atoms with E-state index in [0.717, 1.165) is 0 Å². The van der Waals surface area contributed by atoms with Crippen molar-refractivity contribution >= 4 is 23.4 Å². The zero-order valence-electron chi connectivity index (χ0n) is 11.7. The first-order valence-electron chi connectivity index (χ1n) is 6.36. The second-order valence-corrected chi connectivity index (χ2v) is 4.18. The fourth-order valence-electron chi connectivity index (χ4n) is 1.58. The molecule has 19 heavy (non-hydrogen) atoms. The Bertz CT molecular complexity index is 351. The molecule has 1 N–H and O–H groups in total. The minimum Gasteiger partial charge on any atom is -0.468 e. The summed E-state index contributed by atoms with van der Waals surface area (Å²) in [5.74, 6) is -2.53. The van der Waals surface area contributed by atoms with Crippen LogP contribution in [-0.4, -0.2) is 37.1 Å². The van der Waals surface area contributed by atoms with Gasteiger partial charge in [-0.15, -0.1) is 0 Å². The lowest BCUT2D eigenvalue weighted by Gasteiger charge is -2.14. The van der Waals surface area contributed by atoms with Crippen LogP contribution >= 0.6 is 0 Å². The number of ether oxygens (including phenoxy) is 1. The van der Waals surface area contributed by atoms with E-state index in [4.69, 9.17) is 0 Å². The molecule has 0 fully saturated rings. The van der Waals surface area contributed by atoms with Gasteiger partial charge in [0.05, 0.1) is 7.11 Å². The lowest BCUT2D eigenvalue weighted by atomic mass is 9.94. The van der Waals surface area contributed by atoms with E-state index in [0.29, 0.717) is 12.8 Å². The van der Waals surface area contributed by atoms with Gasteiger partial charge in [-0.1, -0.05) is 20.3 Å². The van der Waals surface area contributed by atoms with Gasteiger partial charge in [-0.2, -0.15) is 0 Å². The highest BCUT2D eigenvalue weighted by Crippen LogP contribution is 2.13. The van der Waals surface area contributed by atoms with Gasteiger partial charge in [-0.05, 0) is 6.42 Å². The Morgan fingerprint density at radius 3 is 2.21 bits per heavy atom. The predicted molar refractivity (Wildman–Crippen MR) is 68.3 cm³/mol. The molecule has 0 aliphatic carbocycles. The van der Waals surface area contributed by atoms with Gasteiger partial charge in [0.15, 0.2) is 11.6 Å². The Balaban J connectivity index is 4.45. The Morgan fingerprint density at radius 2 is 1.74 bits per heavy atom. The van der Waals surface area contributed by atoms with Crippen molar-refractivity contribution in [1.82, 2.24) is 5.32 Å². The van der Waals surface area contributed by atoms with Crippen LogP contribution in [0.15, 0.2) is 0 Å². The second kappa shape index (κ2) is 9.24. The smallest absolute Gasteiger partial charge is 0.325 e. The third kappa shape index (κ3) is 6.69. The molecular weight excluding hydrogens is 250 g/mol. The van der Waals surface area contributed by atoms with Gasteiger partial charge >= 0.3 is 5.97 Å². The summed E-state index contributed by atoms with van der Waals surface area (Å²) < 4.78 is 4.40. The SMILES string of the molecule is CCC[C@H](CC(=O)C(=O)CC)C(=O)NCC(=O)OC. The van der Waals surface area contributed by atoms with E-state index in [1.54, 1.807) is 6.92 Å². The van der Waals surface area contributed by atoms with Crippen molar-refractivity contribution in [3.63, 3.8) is 0 Å². The molecule has 0 aromatic carbocycles. The van der Waals surface area contributed by atoms with Gasteiger partial charge in [0.2, 0.25) is 5.91 Å². The molecule has 1 atom stereocenters. The van der Waals surface area contributed by atoms with Crippen LogP contribution < -0.4 is 5.32 Å². The summed E-state index contributed by atoms with van der Waals surface area (Å²) in [6, 6.07) is 0. The summed E-state index contributed by atoms with van der Waals surface area (Å²) >= 11 is 0. The van der Waals surface area contributed by atoms with Crippen LogP contribution in [0.3, 0.4) is 0 Å². The number of ketones is 2. The molecule has 0 heterocycles. The van der Waals surface area contributed by atoms with Gasteiger partial charge in [-0.25, -0.2) is 0 Å². The maximum Gasteiger partial charge on any atom is 0.325 e. The highest BCUT2D eigenvalue weighted by Gasteiger charge is 2.24. The first-order chi connectivity index (χ1) is 8.96. The number of nitrogens with one attached hydrogen (secondary N) is 1. The highest BCUT2D eigenvalue weighted by atomic mass is 16.5. The van der Waals surface area contributed by atoms with E-state index < -0.39 is 29.4 Å². The molecule has 0 aliphatic heterocycles. The van der Waals surface area contributed by atoms with Gasteiger partial charge in [0.1, 0.15) is 6.54 Å². The van der Waals surface area contributed by atoms with Crippen LogP contribution in [-0.2, 0) is 23.9 Å². The zero-order valence-corrected chi connectivity index (χ0v) is 11.7. The maximum absolute atomic E-state index is 11.8. The molecule has 0 unspecified atom stereocenters. The first kappa shape index (κ1) is 17.3. The van der Waals surface area contributed by atoms with E-state index in [1.807, 2.05) is 6.92 Å². The van der Waals surface area contributed by atoms with Crippen LogP contribution in [0.5, 0.6) is 0 Å². The first-order valence-corrected chi connectivity index (χ1v) is 6.36. The molecule has 0 bridgehead atoms. The minimum absolute atomic E-state index is 0.104. The molecule has 0 aliphatic rings. The highest BCUT2D eigenvalue weighted by molar-refractivity contribution is 6.37. The number of carbonyl (C=O) groups is 4. The van der Waals surface area contributed by atoms with Crippen LogP contribution in [0.1, 0.15) is 39.5 Å². The van der Waals surface area contributed by atoms with Crippen LogP contribution in [0.4, 0.5) is 0 Å². The Morgan fingerprint density at radius 1 is 1.11 bits per heavy atom. The van der Waals surface area contributed by atoms with E-state index in [-0.39, 0.29) is 19.4 Å². The van der Waals surface area contributed by atoms with Crippen molar-refractivity contribution in [2.24, 2.45) is 5.92 Å². The zero-order chi connectivity index (χ0) is 14.8. The van der Waals surface area contributed by atoms with Gasteiger partial charge in [0.25, 0.3) is 0 Å². The standard InChI is InChI=1S/C13H21NO5/c1-4-6-9(7-11(16)10(15)5-2)13(18)14-8-12(17)19-3/h9H,4-8H2,1-3H3,(H,14,18)/t9-/m1/s1. The number of rotatable bonds is 9. The molecule has 0 saturated heterocycles. The molecule has 6 nitrogen and oxygen atoms in total. The Labute approximate surface area is 112 Å². The average molecular weight is 271 g/mol. The third-order valence-electron chi connectivity index (χ3n) is 2.71. The molecule has 1 amide bonds. The molecule has 0 rings (SSSR count). The molecule has 0 aromatic rings. The maximum atomic E-state index is 11.8. The van der Waals surface area contributed by atoms with Crippen molar-refractivity contribution in [2.75, 3.05) is 13.7 Å². The Hall–Kier alpha value is -1.72. The fraction of sp³-hybridized carbons (Fsp3) is 0.692. The van der Waals surface area contributed by atoms with Gasteiger partial charge in [0, 0.05) is 18.8 Å². The normalized spacial score (nSPS) is 11.5. The summed E-state index contributed by atoms with van der Waals surface area (Å²) in [7, 11) is 1.22. The minimum atomic E-state index is -0.572. The van der Waals surface area contributed by atoms with Crippen molar-refractivity contribution in [3.8, 4) is 0 Å². The number of hydrogen-bond donors (Lipinski definition) is 1. The second-order valence-electron chi connectivity index (χ2n) is 4.18. The van der Waals surface area contributed by atoms with Crippen LogP contribution in [0.2, 0.25) is 0 Å². The van der Waals surface area contributed by atoms with Crippen LogP contribution in [0, 0.1) is 5.92 Å². The molecule has 0 radical (unpaired) electrons. The average Bonchev–Trinajstić information content (AvgIpc) is 2.42. The number of esters is 1. The van der Waals surface area contributed by atoms with E-state index in [2.05, 4.69) is 10.1 Å². The lowest BCUT2D eigenvalue weighted by Crippen LogP contribution is -2.36. The Kier molecular flexibility index (Phi) is 8.41. The summed E-state index contributed by atoms with van der Waals surface area (Å²) in [5.41, 5.74) is 0. The summed E-state index contributed by atoms with van der Waals surface area (Å²) in [5, 5.41) is 2.40. The van der Waals surface area contributed by atoms with E-state index in [9.17, 15) is 19.2 Å². The summed E-state index contributed by atoms with van der Waals surface area (Å²) in [4.78, 5) is 45.5. The van der Waals surface area contributed by atoms with Crippen molar-refractivity contribution in [3.05, 3.63) is 0 Å². The molecule has 0 spiro atoms. The monoisotopic (exact) mass is 271 g/mol. The number of methoxy groups -OCH3 is 1. The van der Waals surface area contributed by atoms with Crippen molar-refractivity contribution < 1.29 is 23.9 Å². The summed E-state index contributed by atoms with van der Waals surface area (Å²) in [6.07, 6.45) is 1.24. The number of Topliss-reactive ketones (excluding diaryl/α,β-unsaturated/α-hetero) is 2. The van der Waals surface area contributed by atoms with Crippen molar-refractivity contribution in [1.29, 1.82) is 0 Å². The number of carbonyl (C=O) groups excluding carboxylic acids is 4. The van der Waals surface area contributed by atoms with Crippen LogP contribution in [0.25, 0.3) is 0 Å².